The van der Waals surface area contributed by atoms with Gasteiger partial charge in [-0.15, -0.1) is 0 Å². The zero-order chi connectivity index (χ0) is 21.7. The molecule has 6 heteroatoms. The molecule has 2 rings (SSSR count). The molecule has 1 fully saturated rings. The van der Waals surface area contributed by atoms with E-state index in [0.29, 0.717) is 12.0 Å². The van der Waals surface area contributed by atoms with Crippen molar-refractivity contribution >= 4 is 14.3 Å². The molecule has 0 aromatic heterocycles. The molecule has 5 nitrogen and oxygen atoms in total. The predicted octanol–water partition coefficient (Wildman–Crippen LogP) is 5.51. The zero-order valence-corrected chi connectivity index (χ0v) is 20.4. The van der Waals surface area contributed by atoms with Gasteiger partial charge in [0.2, 0.25) is 0 Å². The third-order valence-electron chi connectivity index (χ3n) is 6.55. The van der Waals surface area contributed by atoms with Crippen LogP contribution in [0, 0.1) is 5.92 Å². The molecule has 1 aliphatic carbocycles. The minimum Gasteiger partial charge on any atom is -0.511 e. The van der Waals surface area contributed by atoms with E-state index in [2.05, 4.69) is 40.8 Å². The Bertz CT molecular complexity index is 640. The summed E-state index contributed by atoms with van der Waals surface area (Å²) in [4.78, 5) is 12.8. The van der Waals surface area contributed by atoms with Crippen LogP contribution in [-0.2, 0) is 18.7 Å². The van der Waals surface area contributed by atoms with Crippen LogP contribution < -0.4 is 0 Å². The van der Waals surface area contributed by atoms with Gasteiger partial charge in [0.15, 0.2) is 8.32 Å². The second-order valence-corrected chi connectivity index (χ2v) is 16.0. The molecule has 28 heavy (non-hydrogen) atoms. The van der Waals surface area contributed by atoms with E-state index in [1.165, 1.54) is 0 Å². The number of epoxide rings is 1. The van der Waals surface area contributed by atoms with Crippen molar-refractivity contribution in [3.8, 4) is 0 Å². The van der Waals surface area contributed by atoms with Gasteiger partial charge in [0, 0.05) is 12.3 Å². The van der Waals surface area contributed by atoms with E-state index in [0.717, 1.165) is 12.8 Å². The number of carbonyl (C=O) groups is 1. The van der Waals surface area contributed by atoms with E-state index in [4.69, 9.17) is 13.9 Å². The zero-order valence-electron chi connectivity index (χ0n) is 19.4. The van der Waals surface area contributed by atoms with Crippen LogP contribution in [0.15, 0.2) is 11.3 Å². The standard InChI is InChI=1S/C22H40O5Si/c1-14-16(27-28(9,10)21(5,6)7)11-12-22(8)17(25-22)13-15(18(14)23)19(24)26-20(2,3)4/h14,16-17,23H,11-13H2,1-10H3/b18-15-/t14?,16-,17-,22+/m0/s1. The van der Waals surface area contributed by atoms with Crippen molar-refractivity contribution in [2.45, 2.75) is 116 Å². The highest BCUT2D eigenvalue weighted by molar-refractivity contribution is 6.74. The Morgan fingerprint density at radius 3 is 2.29 bits per heavy atom. The second-order valence-electron chi connectivity index (χ2n) is 11.2. The summed E-state index contributed by atoms with van der Waals surface area (Å²) < 4.78 is 18.2. The third kappa shape index (κ3) is 5.19. The molecule has 1 aliphatic heterocycles. The van der Waals surface area contributed by atoms with Crippen molar-refractivity contribution in [1.82, 2.24) is 0 Å². The van der Waals surface area contributed by atoms with Crippen LogP contribution in [0.25, 0.3) is 0 Å². The summed E-state index contributed by atoms with van der Waals surface area (Å²) in [6.45, 7) is 20.6. The molecule has 1 N–H and O–H groups in total. The molecular weight excluding hydrogens is 372 g/mol. The second kappa shape index (κ2) is 7.44. The Morgan fingerprint density at radius 2 is 1.79 bits per heavy atom. The van der Waals surface area contributed by atoms with Gasteiger partial charge in [-0.25, -0.2) is 4.79 Å². The molecule has 1 heterocycles. The summed E-state index contributed by atoms with van der Waals surface area (Å²) in [6.07, 6.45) is 1.82. The average molecular weight is 413 g/mol. The minimum atomic E-state index is -2.03. The van der Waals surface area contributed by atoms with Crippen molar-refractivity contribution < 1.29 is 23.8 Å². The SMILES string of the molecule is CC1/C(O)=C(/C(=O)OC(C)(C)C)C[C@@H]2O[C@]2(C)CC[C@@H]1O[Si](C)(C)C(C)(C)C. The molecule has 0 amide bonds. The number of rotatable bonds is 3. The normalized spacial score (nSPS) is 34.7. The maximum absolute atomic E-state index is 12.8. The highest BCUT2D eigenvalue weighted by Gasteiger charge is 2.54. The van der Waals surface area contributed by atoms with Crippen LogP contribution in [0.1, 0.15) is 74.7 Å². The summed E-state index contributed by atoms with van der Waals surface area (Å²) in [7, 11) is -2.03. The van der Waals surface area contributed by atoms with Crippen molar-refractivity contribution in [2.24, 2.45) is 5.92 Å². The largest absolute Gasteiger partial charge is 0.511 e. The van der Waals surface area contributed by atoms with Crippen LogP contribution in [0.4, 0.5) is 0 Å². The summed E-state index contributed by atoms with van der Waals surface area (Å²) in [5, 5.41) is 11.2. The fraction of sp³-hybridized carbons (Fsp3) is 0.864. The molecule has 162 valence electrons. The highest BCUT2D eigenvalue weighted by Crippen LogP contribution is 2.48. The number of aliphatic hydroxyl groups excluding tert-OH is 1. The molecule has 0 aromatic rings. The van der Waals surface area contributed by atoms with Gasteiger partial charge in [0.05, 0.1) is 23.4 Å². The van der Waals surface area contributed by atoms with E-state index in [-0.39, 0.29) is 34.5 Å². The third-order valence-corrected chi connectivity index (χ3v) is 11.1. The molecule has 4 atom stereocenters. The molecule has 1 unspecified atom stereocenters. The fourth-order valence-electron chi connectivity index (χ4n) is 3.43. The average Bonchev–Trinajstić information content (AvgIpc) is 3.14. The smallest absolute Gasteiger partial charge is 0.338 e. The van der Waals surface area contributed by atoms with Crippen LogP contribution in [0.2, 0.25) is 18.1 Å². The van der Waals surface area contributed by atoms with E-state index in [1.807, 2.05) is 27.7 Å². The summed E-state index contributed by atoms with van der Waals surface area (Å²) in [6, 6.07) is 0. The Morgan fingerprint density at radius 1 is 1.21 bits per heavy atom. The lowest BCUT2D eigenvalue weighted by Crippen LogP contribution is -2.46. The van der Waals surface area contributed by atoms with Crippen LogP contribution in [0.3, 0.4) is 0 Å². The molecule has 2 aliphatic rings. The molecule has 0 radical (unpaired) electrons. The van der Waals surface area contributed by atoms with E-state index in [1.54, 1.807) is 0 Å². The molecular formula is C22H40O5Si. The van der Waals surface area contributed by atoms with Gasteiger partial charge in [0.25, 0.3) is 0 Å². The first-order valence-electron chi connectivity index (χ1n) is 10.5. The van der Waals surface area contributed by atoms with Crippen molar-refractivity contribution in [1.29, 1.82) is 0 Å². The molecule has 1 saturated heterocycles. The van der Waals surface area contributed by atoms with E-state index >= 15 is 0 Å². The monoisotopic (exact) mass is 412 g/mol. The number of fused-ring (bicyclic) bond motifs is 1. The van der Waals surface area contributed by atoms with Crippen molar-refractivity contribution in [3.05, 3.63) is 11.3 Å². The van der Waals surface area contributed by atoms with Gasteiger partial charge in [-0.1, -0.05) is 27.7 Å². The Balaban J connectivity index is 2.37. The van der Waals surface area contributed by atoms with Gasteiger partial charge in [0.1, 0.15) is 11.4 Å². The molecule has 0 aromatic carbocycles. The quantitative estimate of drug-likeness (QED) is 0.376. The molecule has 0 spiro atoms. The number of aliphatic hydroxyl groups is 1. The number of hydrogen-bond donors (Lipinski definition) is 1. The summed E-state index contributed by atoms with van der Waals surface area (Å²) in [5.41, 5.74) is -0.537. The van der Waals surface area contributed by atoms with E-state index in [9.17, 15) is 9.90 Å². The van der Waals surface area contributed by atoms with Gasteiger partial charge in [-0.3, -0.25) is 0 Å². The summed E-state index contributed by atoms with van der Waals surface area (Å²) >= 11 is 0. The number of ether oxygens (including phenoxy) is 2. The van der Waals surface area contributed by atoms with Gasteiger partial charge >= 0.3 is 5.97 Å². The number of carbonyl (C=O) groups excluding carboxylic acids is 1. The first kappa shape index (κ1) is 23.4. The lowest BCUT2D eigenvalue weighted by atomic mass is 9.94. The number of hydrogen-bond acceptors (Lipinski definition) is 5. The van der Waals surface area contributed by atoms with Crippen molar-refractivity contribution in [2.75, 3.05) is 0 Å². The van der Waals surface area contributed by atoms with Crippen molar-refractivity contribution in [3.63, 3.8) is 0 Å². The molecule has 0 saturated carbocycles. The van der Waals surface area contributed by atoms with E-state index < -0.39 is 19.9 Å². The van der Waals surface area contributed by atoms with Crippen LogP contribution in [0.5, 0.6) is 0 Å². The fourth-order valence-corrected chi connectivity index (χ4v) is 4.86. The molecule has 0 bridgehead atoms. The lowest BCUT2D eigenvalue weighted by molar-refractivity contribution is -0.150. The topological polar surface area (TPSA) is 68.3 Å². The maximum Gasteiger partial charge on any atom is 0.338 e. The van der Waals surface area contributed by atoms with Gasteiger partial charge < -0.3 is 19.0 Å². The minimum absolute atomic E-state index is 0.0593. The highest BCUT2D eigenvalue weighted by atomic mass is 28.4. The number of esters is 1. The van der Waals surface area contributed by atoms with Gasteiger partial charge in [-0.2, -0.15) is 0 Å². The Kier molecular flexibility index (Phi) is 6.22. The van der Waals surface area contributed by atoms with Crippen LogP contribution >= 0.6 is 0 Å². The van der Waals surface area contributed by atoms with Gasteiger partial charge in [-0.05, 0) is 58.7 Å². The first-order chi connectivity index (χ1) is 12.5. The Hall–Kier alpha value is -0.853. The first-order valence-corrected chi connectivity index (χ1v) is 13.4. The predicted molar refractivity (Wildman–Crippen MR) is 114 cm³/mol. The maximum atomic E-state index is 12.8. The summed E-state index contributed by atoms with van der Waals surface area (Å²) in [5.74, 6) is -0.627. The Labute approximate surface area is 172 Å². The lowest BCUT2D eigenvalue weighted by Gasteiger charge is -2.41. The van der Waals surface area contributed by atoms with Crippen LogP contribution in [-0.4, -0.2) is 42.8 Å².